The lowest BCUT2D eigenvalue weighted by Gasteiger charge is -2.08. The molecule has 0 heterocycles. The number of urea groups is 1. The van der Waals surface area contributed by atoms with Gasteiger partial charge in [-0.1, -0.05) is 6.92 Å². The van der Waals surface area contributed by atoms with E-state index in [4.69, 9.17) is 5.73 Å². The second-order valence-corrected chi connectivity index (χ2v) is 3.50. The lowest BCUT2D eigenvalue weighted by molar-refractivity contribution is 0.240. The number of benzene rings is 1. The Morgan fingerprint density at radius 3 is 2.88 bits per heavy atom. The van der Waals surface area contributed by atoms with Crippen LogP contribution in [0.2, 0.25) is 0 Å². The van der Waals surface area contributed by atoms with Crippen molar-refractivity contribution in [2.24, 2.45) is 0 Å². The molecule has 1 aromatic carbocycles. The molecule has 0 unspecified atom stereocenters. The van der Waals surface area contributed by atoms with Crippen LogP contribution in [-0.2, 0) is 6.54 Å². The molecule has 0 aliphatic heterocycles. The smallest absolute Gasteiger partial charge is 0.315 e. The molecular formula is C11H17N3O2. The van der Waals surface area contributed by atoms with Crippen molar-refractivity contribution in [2.45, 2.75) is 19.9 Å². The van der Waals surface area contributed by atoms with Crippen molar-refractivity contribution in [3.05, 3.63) is 23.8 Å². The predicted molar refractivity (Wildman–Crippen MR) is 63.0 cm³/mol. The zero-order valence-electron chi connectivity index (χ0n) is 9.29. The average Bonchev–Trinajstić information content (AvgIpc) is 2.27. The van der Waals surface area contributed by atoms with Gasteiger partial charge in [-0.15, -0.1) is 0 Å². The second kappa shape index (κ2) is 5.85. The summed E-state index contributed by atoms with van der Waals surface area (Å²) in [5.41, 5.74) is 6.74. The van der Waals surface area contributed by atoms with Crippen molar-refractivity contribution >= 4 is 11.7 Å². The molecule has 0 fully saturated rings. The Morgan fingerprint density at radius 2 is 2.19 bits per heavy atom. The second-order valence-electron chi connectivity index (χ2n) is 3.50. The minimum atomic E-state index is -0.247. The monoisotopic (exact) mass is 223 g/mol. The molecule has 0 atom stereocenters. The van der Waals surface area contributed by atoms with E-state index in [-0.39, 0.29) is 18.3 Å². The fourth-order valence-electron chi connectivity index (χ4n) is 1.22. The van der Waals surface area contributed by atoms with Crippen molar-refractivity contribution in [3.8, 4) is 5.75 Å². The van der Waals surface area contributed by atoms with Crippen LogP contribution in [0.25, 0.3) is 0 Å². The molecule has 0 aliphatic carbocycles. The van der Waals surface area contributed by atoms with Crippen LogP contribution in [0.3, 0.4) is 0 Å². The highest BCUT2D eigenvalue weighted by Gasteiger charge is 2.03. The molecule has 1 aromatic rings. The van der Waals surface area contributed by atoms with Gasteiger partial charge in [-0.25, -0.2) is 4.79 Å². The molecule has 2 amide bonds. The molecule has 5 nitrogen and oxygen atoms in total. The van der Waals surface area contributed by atoms with Crippen LogP contribution >= 0.6 is 0 Å². The minimum Gasteiger partial charge on any atom is -0.508 e. The first-order chi connectivity index (χ1) is 7.63. The van der Waals surface area contributed by atoms with Crippen LogP contribution in [0.4, 0.5) is 10.5 Å². The fourth-order valence-corrected chi connectivity index (χ4v) is 1.22. The summed E-state index contributed by atoms with van der Waals surface area (Å²) in [6, 6.07) is 4.51. The van der Waals surface area contributed by atoms with Crippen LogP contribution in [-0.4, -0.2) is 17.7 Å². The third kappa shape index (κ3) is 3.68. The third-order valence-electron chi connectivity index (χ3n) is 2.08. The van der Waals surface area contributed by atoms with Gasteiger partial charge in [0.05, 0.1) is 0 Å². The highest BCUT2D eigenvalue weighted by molar-refractivity contribution is 5.73. The van der Waals surface area contributed by atoms with E-state index in [1.165, 1.54) is 6.07 Å². The van der Waals surface area contributed by atoms with E-state index in [0.29, 0.717) is 17.8 Å². The third-order valence-corrected chi connectivity index (χ3v) is 2.08. The van der Waals surface area contributed by atoms with Gasteiger partial charge in [0.1, 0.15) is 5.75 Å². The van der Waals surface area contributed by atoms with Gasteiger partial charge in [0, 0.05) is 24.3 Å². The number of anilines is 1. The quantitative estimate of drug-likeness (QED) is 0.456. The standard InChI is InChI=1S/C11H17N3O2/c1-2-5-13-11(16)14-7-8-6-9(12)3-4-10(8)15/h3-4,6,15H,2,5,7,12H2,1H3,(H2,13,14,16). The molecule has 0 saturated heterocycles. The van der Waals surface area contributed by atoms with E-state index in [1.54, 1.807) is 12.1 Å². The van der Waals surface area contributed by atoms with Gasteiger partial charge >= 0.3 is 6.03 Å². The van der Waals surface area contributed by atoms with Gasteiger partial charge in [0.2, 0.25) is 0 Å². The number of carbonyl (C=O) groups excluding carboxylic acids is 1. The first-order valence-electron chi connectivity index (χ1n) is 5.22. The molecule has 1 rings (SSSR count). The summed E-state index contributed by atoms with van der Waals surface area (Å²) < 4.78 is 0. The summed E-state index contributed by atoms with van der Waals surface area (Å²) in [6.07, 6.45) is 0.886. The number of carbonyl (C=O) groups is 1. The summed E-state index contributed by atoms with van der Waals surface area (Å²) in [5.74, 6) is 0.130. The van der Waals surface area contributed by atoms with E-state index in [0.717, 1.165) is 6.42 Å². The number of nitrogen functional groups attached to an aromatic ring is 1. The maximum atomic E-state index is 11.2. The summed E-state index contributed by atoms with van der Waals surface area (Å²) in [4.78, 5) is 11.2. The molecule has 16 heavy (non-hydrogen) atoms. The number of rotatable bonds is 4. The van der Waals surface area contributed by atoms with Gasteiger partial charge in [0.25, 0.3) is 0 Å². The minimum absolute atomic E-state index is 0.130. The first kappa shape index (κ1) is 12.2. The van der Waals surface area contributed by atoms with E-state index in [2.05, 4.69) is 10.6 Å². The zero-order valence-corrected chi connectivity index (χ0v) is 9.29. The first-order valence-corrected chi connectivity index (χ1v) is 5.22. The normalized spacial score (nSPS) is 9.81. The number of hydrogen-bond acceptors (Lipinski definition) is 3. The number of nitrogens with one attached hydrogen (secondary N) is 2. The van der Waals surface area contributed by atoms with E-state index in [9.17, 15) is 9.90 Å². The van der Waals surface area contributed by atoms with Gasteiger partial charge in [-0.2, -0.15) is 0 Å². The van der Waals surface area contributed by atoms with Crippen LogP contribution in [0, 0.1) is 0 Å². The van der Waals surface area contributed by atoms with Crippen molar-refractivity contribution in [1.29, 1.82) is 0 Å². The Bertz CT molecular complexity index is 366. The predicted octanol–water partition coefficient (Wildman–Crippen LogP) is 1.18. The van der Waals surface area contributed by atoms with Gasteiger partial charge in [0.15, 0.2) is 0 Å². The van der Waals surface area contributed by atoms with Crippen molar-refractivity contribution in [2.75, 3.05) is 12.3 Å². The van der Waals surface area contributed by atoms with Crippen LogP contribution in [0.1, 0.15) is 18.9 Å². The Kier molecular flexibility index (Phi) is 4.44. The number of phenolic OH excluding ortho intramolecular Hbond substituents is 1. The highest BCUT2D eigenvalue weighted by atomic mass is 16.3. The molecule has 0 spiro atoms. The Labute approximate surface area is 94.7 Å². The van der Waals surface area contributed by atoms with Gasteiger partial charge < -0.3 is 21.5 Å². The van der Waals surface area contributed by atoms with Crippen LogP contribution in [0.15, 0.2) is 18.2 Å². The summed E-state index contributed by atoms with van der Waals surface area (Å²) >= 11 is 0. The Balaban J connectivity index is 2.47. The van der Waals surface area contributed by atoms with Gasteiger partial charge in [-0.3, -0.25) is 0 Å². The molecule has 0 radical (unpaired) electrons. The summed E-state index contributed by atoms with van der Waals surface area (Å²) in [7, 11) is 0. The van der Waals surface area contributed by atoms with E-state index < -0.39 is 0 Å². The summed E-state index contributed by atoms with van der Waals surface area (Å²) in [6.45, 7) is 2.87. The molecule has 5 heteroatoms. The zero-order chi connectivity index (χ0) is 12.0. The Morgan fingerprint density at radius 1 is 1.44 bits per heavy atom. The molecule has 0 saturated carbocycles. The summed E-state index contributed by atoms with van der Waals surface area (Å²) in [5, 5.41) is 14.8. The molecule has 0 bridgehead atoms. The maximum absolute atomic E-state index is 11.2. The molecule has 0 aromatic heterocycles. The topological polar surface area (TPSA) is 87.4 Å². The lowest BCUT2D eigenvalue weighted by atomic mass is 10.2. The molecule has 88 valence electrons. The number of aromatic hydroxyl groups is 1. The van der Waals surface area contributed by atoms with Gasteiger partial charge in [-0.05, 0) is 24.6 Å². The van der Waals surface area contributed by atoms with E-state index in [1.807, 2.05) is 6.92 Å². The largest absolute Gasteiger partial charge is 0.508 e. The molecule has 0 aliphatic rings. The number of nitrogens with two attached hydrogens (primary N) is 1. The number of amides is 2. The van der Waals surface area contributed by atoms with Crippen molar-refractivity contribution in [3.63, 3.8) is 0 Å². The molecular weight excluding hydrogens is 206 g/mol. The number of hydrogen-bond donors (Lipinski definition) is 4. The number of phenols is 1. The average molecular weight is 223 g/mol. The van der Waals surface area contributed by atoms with Crippen LogP contribution in [0.5, 0.6) is 5.75 Å². The van der Waals surface area contributed by atoms with Crippen molar-refractivity contribution < 1.29 is 9.90 Å². The fraction of sp³-hybridized carbons (Fsp3) is 0.364. The maximum Gasteiger partial charge on any atom is 0.315 e. The highest BCUT2D eigenvalue weighted by Crippen LogP contribution is 2.19. The molecule has 5 N–H and O–H groups in total. The van der Waals surface area contributed by atoms with Crippen molar-refractivity contribution in [1.82, 2.24) is 10.6 Å². The SMILES string of the molecule is CCCNC(=O)NCc1cc(N)ccc1O. The van der Waals surface area contributed by atoms with E-state index >= 15 is 0 Å². The van der Waals surface area contributed by atoms with Crippen LogP contribution < -0.4 is 16.4 Å². The lowest BCUT2D eigenvalue weighted by Crippen LogP contribution is -2.35. The Hall–Kier alpha value is -1.91.